The van der Waals surface area contributed by atoms with Gasteiger partial charge in [-0.15, -0.1) is 0 Å². The Morgan fingerprint density at radius 3 is 2.40 bits per heavy atom. The van der Waals surface area contributed by atoms with Crippen molar-refractivity contribution in [2.24, 2.45) is 0 Å². The molecule has 0 bridgehead atoms. The van der Waals surface area contributed by atoms with Crippen LogP contribution in [0, 0.1) is 0 Å². The maximum absolute atomic E-state index is 9.70. The van der Waals surface area contributed by atoms with E-state index in [0.29, 0.717) is 13.2 Å². The molecule has 0 spiro atoms. The third-order valence-electron chi connectivity index (χ3n) is 3.34. The minimum absolute atomic E-state index is 0.273. The molecule has 0 radical (unpaired) electrons. The van der Waals surface area contributed by atoms with Crippen LogP contribution in [0.4, 0.5) is 0 Å². The second-order valence-corrected chi connectivity index (χ2v) is 5.48. The molecular formula is C16H35NO3. The highest BCUT2D eigenvalue weighted by Gasteiger charge is 2.03. The topological polar surface area (TPSA) is 61.7 Å². The van der Waals surface area contributed by atoms with Gasteiger partial charge in [0.2, 0.25) is 0 Å². The van der Waals surface area contributed by atoms with Crippen molar-refractivity contribution in [2.45, 2.75) is 70.8 Å². The molecule has 0 fully saturated rings. The average Bonchev–Trinajstić information content (AvgIpc) is 2.45. The standard InChI is InChI=1S/C16H35NO3/c1-2-3-4-5-6-10-13-20-15-16(19)14-17-11-8-7-9-12-18/h16-19H,2-15H2,1H3. The van der Waals surface area contributed by atoms with Gasteiger partial charge in [-0.1, -0.05) is 39.0 Å². The molecule has 1 atom stereocenters. The Labute approximate surface area is 124 Å². The second-order valence-electron chi connectivity index (χ2n) is 5.48. The van der Waals surface area contributed by atoms with E-state index >= 15 is 0 Å². The van der Waals surface area contributed by atoms with E-state index in [1.54, 1.807) is 0 Å². The summed E-state index contributed by atoms with van der Waals surface area (Å²) in [5, 5.41) is 21.5. The summed E-state index contributed by atoms with van der Waals surface area (Å²) >= 11 is 0. The lowest BCUT2D eigenvalue weighted by molar-refractivity contribution is 0.0355. The molecular weight excluding hydrogens is 254 g/mol. The first-order valence-corrected chi connectivity index (χ1v) is 8.38. The van der Waals surface area contributed by atoms with Gasteiger partial charge in [-0.25, -0.2) is 0 Å². The zero-order valence-electron chi connectivity index (χ0n) is 13.3. The minimum Gasteiger partial charge on any atom is -0.396 e. The van der Waals surface area contributed by atoms with Gasteiger partial charge in [0.25, 0.3) is 0 Å². The average molecular weight is 289 g/mol. The van der Waals surface area contributed by atoms with Crippen LogP contribution >= 0.6 is 0 Å². The Morgan fingerprint density at radius 2 is 1.65 bits per heavy atom. The van der Waals surface area contributed by atoms with Crippen molar-refractivity contribution in [3.63, 3.8) is 0 Å². The van der Waals surface area contributed by atoms with Crippen molar-refractivity contribution in [1.82, 2.24) is 5.32 Å². The van der Waals surface area contributed by atoms with Crippen molar-refractivity contribution in [1.29, 1.82) is 0 Å². The monoisotopic (exact) mass is 289 g/mol. The summed E-state index contributed by atoms with van der Waals surface area (Å²) in [5.41, 5.74) is 0. The van der Waals surface area contributed by atoms with Crippen molar-refractivity contribution in [2.75, 3.05) is 32.9 Å². The van der Waals surface area contributed by atoms with Crippen molar-refractivity contribution in [3.05, 3.63) is 0 Å². The molecule has 0 heterocycles. The smallest absolute Gasteiger partial charge is 0.0897 e. The molecule has 20 heavy (non-hydrogen) atoms. The van der Waals surface area contributed by atoms with E-state index in [4.69, 9.17) is 9.84 Å². The van der Waals surface area contributed by atoms with Crippen LogP contribution in [0.3, 0.4) is 0 Å². The first-order chi connectivity index (χ1) is 9.81. The summed E-state index contributed by atoms with van der Waals surface area (Å²) in [5.74, 6) is 0. The fourth-order valence-electron chi connectivity index (χ4n) is 2.07. The van der Waals surface area contributed by atoms with E-state index in [0.717, 1.165) is 38.8 Å². The maximum atomic E-state index is 9.70. The lowest BCUT2D eigenvalue weighted by atomic mass is 10.1. The van der Waals surface area contributed by atoms with Crippen LogP contribution in [0.1, 0.15) is 64.7 Å². The molecule has 0 saturated carbocycles. The largest absolute Gasteiger partial charge is 0.396 e. The van der Waals surface area contributed by atoms with E-state index in [2.05, 4.69) is 12.2 Å². The van der Waals surface area contributed by atoms with Gasteiger partial charge in [0.05, 0.1) is 12.7 Å². The first-order valence-electron chi connectivity index (χ1n) is 8.38. The zero-order valence-corrected chi connectivity index (χ0v) is 13.3. The molecule has 0 aromatic rings. The van der Waals surface area contributed by atoms with Gasteiger partial charge in [0.15, 0.2) is 0 Å². The number of nitrogens with one attached hydrogen (secondary N) is 1. The molecule has 0 aliphatic rings. The quantitative estimate of drug-likeness (QED) is 0.382. The lowest BCUT2D eigenvalue weighted by Gasteiger charge is -2.12. The number of rotatable bonds is 16. The highest BCUT2D eigenvalue weighted by molar-refractivity contribution is 4.58. The molecule has 1 unspecified atom stereocenters. The van der Waals surface area contributed by atoms with E-state index in [1.165, 1.54) is 32.1 Å². The molecule has 0 saturated heterocycles. The van der Waals surface area contributed by atoms with Gasteiger partial charge in [-0.2, -0.15) is 0 Å². The number of hydrogen-bond donors (Lipinski definition) is 3. The fraction of sp³-hybridized carbons (Fsp3) is 1.00. The van der Waals surface area contributed by atoms with Crippen LogP contribution in [0.15, 0.2) is 0 Å². The predicted molar refractivity (Wildman–Crippen MR) is 84.0 cm³/mol. The summed E-state index contributed by atoms with van der Waals surface area (Å²) in [7, 11) is 0. The molecule has 3 N–H and O–H groups in total. The van der Waals surface area contributed by atoms with Gasteiger partial charge in [0.1, 0.15) is 0 Å². The Hall–Kier alpha value is -0.160. The van der Waals surface area contributed by atoms with E-state index in [1.807, 2.05) is 0 Å². The third kappa shape index (κ3) is 15.9. The second kappa shape index (κ2) is 16.9. The van der Waals surface area contributed by atoms with Crippen LogP contribution < -0.4 is 5.32 Å². The van der Waals surface area contributed by atoms with Crippen molar-refractivity contribution < 1.29 is 14.9 Å². The summed E-state index contributed by atoms with van der Waals surface area (Å²) in [6.07, 6.45) is 10.1. The highest BCUT2D eigenvalue weighted by Crippen LogP contribution is 2.04. The molecule has 122 valence electrons. The summed E-state index contributed by atoms with van der Waals surface area (Å²) in [6.45, 7) is 5.18. The number of hydrogen-bond acceptors (Lipinski definition) is 4. The van der Waals surface area contributed by atoms with Crippen LogP contribution in [-0.2, 0) is 4.74 Å². The van der Waals surface area contributed by atoms with Crippen LogP contribution in [0.2, 0.25) is 0 Å². The van der Waals surface area contributed by atoms with Gasteiger partial charge in [-0.05, 0) is 32.2 Å². The Balaban J connectivity index is 3.10. The molecule has 4 heteroatoms. The molecule has 0 aliphatic heterocycles. The molecule has 0 rings (SSSR count). The van der Waals surface area contributed by atoms with Gasteiger partial charge in [0, 0.05) is 19.8 Å². The number of ether oxygens (including phenoxy) is 1. The fourth-order valence-corrected chi connectivity index (χ4v) is 2.07. The number of unbranched alkanes of at least 4 members (excludes halogenated alkanes) is 7. The number of aliphatic hydroxyl groups is 2. The molecule has 0 aromatic heterocycles. The summed E-state index contributed by atoms with van der Waals surface area (Å²) in [6, 6.07) is 0. The Morgan fingerprint density at radius 1 is 0.950 bits per heavy atom. The molecule has 4 nitrogen and oxygen atoms in total. The van der Waals surface area contributed by atoms with Gasteiger partial charge in [-0.3, -0.25) is 0 Å². The predicted octanol–water partition coefficient (Wildman–Crippen LogP) is 2.48. The maximum Gasteiger partial charge on any atom is 0.0897 e. The van der Waals surface area contributed by atoms with Crippen LogP contribution in [0.25, 0.3) is 0 Å². The Kier molecular flexibility index (Phi) is 16.8. The highest BCUT2D eigenvalue weighted by atomic mass is 16.5. The van der Waals surface area contributed by atoms with Crippen molar-refractivity contribution in [3.8, 4) is 0 Å². The normalized spacial score (nSPS) is 12.8. The number of aliphatic hydroxyl groups excluding tert-OH is 2. The summed E-state index contributed by atoms with van der Waals surface area (Å²) in [4.78, 5) is 0. The van der Waals surface area contributed by atoms with E-state index in [9.17, 15) is 5.11 Å². The van der Waals surface area contributed by atoms with Crippen LogP contribution in [0.5, 0.6) is 0 Å². The zero-order chi connectivity index (χ0) is 14.9. The Bertz CT molecular complexity index is 179. The first kappa shape index (κ1) is 19.8. The van der Waals surface area contributed by atoms with Crippen molar-refractivity contribution >= 4 is 0 Å². The lowest BCUT2D eigenvalue weighted by Crippen LogP contribution is -2.31. The SMILES string of the molecule is CCCCCCCCOCC(O)CNCCCCCO. The van der Waals surface area contributed by atoms with E-state index in [-0.39, 0.29) is 6.61 Å². The van der Waals surface area contributed by atoms with Gasteiger partial charge < -0.3 is 20.3 Å². The minimum atomic E-state index is -0.409. The molecule has 0 aromatic carbocycles. The third-order valence-corrected chi connectivity index (χ3v) is 3.34. The van der Waals surface area contributed by atoms with Crippen LogP contribution in [-0.4, -0.2) is 49.2 Å². The molecule has 0 amide bonds. The van der Waals surface area contributed by atoms with E-state index < -0.39 is 6.10 Å². The molecule has 0 aliphatic carbocycles. The van der Waals surface area contributed by atoms with Gasteiger partial charge >= 0.3 is 0 Å². The summed E-state index contributed by atoms with van der Waals surface area (Å²) < 4.78 is 5.47.